The van der Waals surface area contributed by atoms with Crippen molar-refractivity contribution in [2.24, 2.45) is 5.73 Å². The van der Waals surface area contributed by atoms with Gasteiger partial charge in [0.2, 0.25) is 0 Å². The van der Waals surface area contributed by atoms with E-state index < -0.39 is 10.8 Å². The van der Waals surface area contributed by atoms with Crippen LogP contribution in [0.2, 0.25) is 0 Å². The van der Waals surface area contributed by atoms with Gasteiger partial charge in [-0.15, -0.1) is 11.8 Å². The molecule has 0 aliphatic heterocycles. The van der Waals surface area contributed by atoms with Crippen molar-refractivity contribution in [1.82, 2.24) is 0 Å². The van der Waals surface area contributed by atoms with Crippen LogP contribution in [0.5, 0.6) is 0 Å². The Morgan fingerprint density at radius 2 is 2.06 bits per heavy atom. The van der Waals surface area contributed by atoms with Gasteiger partial charge in [0, 0.05) is 11.2 Å². The van der Waals surface area contributed by atoms with Crippen molar-refractivity contribution in [2.75, 3.05) is 0 Å². The molecular weight excluding hydrogens is 253 g/mol. The van der Waals surface area contributed by atoms with Crippen LogP contribution in [0.15, 0.2) is 0 Å². The Bertz CT molecular complexity index is 306. The average molecular weight is 267 g/mol. The summed E-state index contributed by atoms with van der Waals surface area (Å²) in [6.45, 7) is 3.56. The first-order valence-corrected chi connectivity index (χ1v) is 5.60. The van der Waals surface area contributed by atoms with Gasteiger partial charge in [-0.25, -0.2) is 6.29 Å². The first-order valence-electron chi connectivity index (χ1n) is 4.72. The number of carbonyl (C=O) groups is 2. The van der Waals surface area contributed by atoms with Crippen molar-refractivity contribution < 1.29 is 65.8 Å². The quantitative estimate of drug-likeness (QED) is 0.339. The maximum atomic E-state index is 11.4. The van der Waals surface area contributed by atoms with E-state index in [-0.39, 0.29) is 81.0 Å². The van der Waals surface area contributed by atoms with Crippen molar-refractivity contribution in [1.29, 1.82) is 0 Å². The number of rotatable bonds is 4. The SMILES string of the molecule is CC(C)(SC1CC(=O)CC1=O)[C@H](N)[C-]=O.[K+]. The summed E-state index contributed by atoms with van der Waals surface area (Å²) < 4.78 is -0.563. The Balaban J connectivity index is 0.00000225. The van der Waals surface area contributed by atoms with E-state index >= 15 is 0 Å². The largest absolute Gasteiger partial charge is 1.00 e. The van der Waals surface area contributed by atoms with Crippen molar-refractivity contribution in [2.45, 2.75) is 42.7 Å². The molecule has 0 saturated heterocycles. The number of ketones is 2. The Hall–Kier alpha value is 0.956. The zero-order valence-corrected chi connectivity index (χ0v) is 13.7. The monoisotopic (exact) mass is 267 g/mol. The third kappa shape index (κ3) is 4.32. The van der Waals surface area contributed by atoms with Crippen molar-refractivity contribution in [3.05, 3.63) is 0 Å². The van der Waals surface area contributed by atoms with Crippen LogP contribution in [0.25, 0.3) is 0 Å². The molecule has 1 aliphatic rings. The molecule has 16 heavy (non-hydrogen) atoms. The first-order chi connectivity index (χ1) is 6.86. The van der Waals surface area contributed by atoms with Gasteiger partial charge in [-0.1, -0.05) is 19.9 Å². The van der Waals surface area contributed by atoms with Gasteiger partial charge in [0.25, 0.3) is 0 Å². The molecule has 0 radical (unpaired) electrons. The van der Waals surface area contributed by atoms with Crippen LogP contribution in [0.3, 0.4) is 0 Å². The van der Waals surface area contributed by atoms with Gasteiger partial charge in [-0.3, -0.25) is 9.59 Å². The van der Waals surface area contributed by atoms with Gasteiger partial charge in [0.15, 0.2) is 5.78 Å². The third-order valence-electron chi connectivity index (χ3n) is 2.47. The predicted octanol–water partition coefficient (Wildman–Crippen LogP) is -2.76. The zero-order valence-electron chi connectivity index (χ0n) is 9.78. The van der Waals surface area contributed by atoms with E-state index in [9.17, 15) is 14.4 Å². The molecule has 6 heteroatoms. The molecule has 2 atom stereocenters. The van der Waals surface area contributed by atoms with Crippen LogP contribution >= 0.6 is 11.8 Å². The second-order valence-corrected chi connectivity index (χ2v) is 6.05. The summed E-state index contributed by atoms with van der Waals surface area (Å²) in [5, 5.41) is -0.341. The summed E-state index contributed by atoms with van der Waals surface area (Å²) in [7, 11) is 0. The number of carbonyl (C=O) groups excluding carboxylic acids is 3. The Labute approximate surface area is 142 Å². The first kappa shape index (κ1) is 17.0. The fourth-order valence-electron chi connectivity index (χ4n) is 1.39. The minimum absolute atomic E-state index is 0. The van der Waals surface area contributed by atoms with Crippen molar-refractivity contribution in [3.8, 4) is 0 Å². The summed E-state index contributed by atoms with van der Waals surface area (Å²) in [4.78, 5) is 32.9. The van der Waals surface area contributed by atoms with E-state index in [2.05, 4.69) is 0 Å². The minimum atomic E-state index is -0.744. The molecule has 1 aliphatic carbocycles. The summed E-state index contributed by atoms with van der Waals surface area (Å²) in [5.41, 5.74) is 5.57. The van der Waals surface area contributed by atoms with Crippen molar-refractivity contribution >= 4 is 29.6 Å². The van der Waals surface area contributed by atoms with E-state index in [4.69, 9.17) is 5.73 Å². The summed E-state index contributed by atoms with van der Waals surface area (Å²) in [6.07, 6.45) is 2.00. The van der Waals surface area contributed by atoms with Gasteiger partial charge in [-0.05, 0) is 0 Å². The zero-order chi connectivity index (χ0) is 11.6. The Morgan fingerprint density at radius 3 is 2.44 bits per heavy atom. The van der Waals surface area contributed by atoms with Gasteiger partial charge in [0.05, 0.1) is 11.7 Å². The molecule has 0 bridgehead atoms. The van der Waals surface area contributed by atoms with Crippen LogP contribution in [0.4, 0.5) is 0 Å². The molecule has 1 saturated carbocycles. The number of hydrogen-bond donors (Lipinski definition) is 1. The van der Waals surface area contributed by atoms with Gasteiger partial charge in [-0.2, -0.15) is 0 Å². The molecule has 1 rings (SSSR count). The van der Waals surface area contributed by atoms with Gasteiger partial charge >= 0.3 is 51.4 Å². The number of Topliss-reactive ketones (excluding diaryl/α,β-unsaturated/α-hetero) is 2. The van der Waals surface area contributed by atoms with Gasteiger partial charge < -0.3 is 10.5 Å². The fourth-order valence-corrected chi connectivity index (χ4v) is 2.80. The maximum Gasteiger partial charge on any atom is 1.00 e. The van der Waals surface area contributed by atoms with Crippen LogP contribution in [-0.2, 0) is 14.4 Å². The van der Waals surface area contributed by atoms with Crippen LogP contribution in [0, 0.1) is 0 Å². The van der Waals surface area contributed by atoms with E-state index in [1.807, 2.05) is 0 Å². The van der Waals surface area contributed by atoms with E-state index in [0.29, 0.717) is 0 Å². The molecule has 4 nitrogen and oxygen atoms in total. The van der Waals surface area contributed by atoms with E-state index in [1.165, 1.54) is 11.8 Å². The topological polar surface area (TPSA) is 77.2 Å². The van der Waals surface area contributed by atoms with E-state index in [1.54, 1.807) is 20.1 Å². The number of nitrogens with two attached hydrogens (primary N) is 1. The fraction of sp³-hybridized carbons (Fsp3) is 0.700. The average Bonchev–Trinajstić information content (AvgIpc) is 2.43. The minimum Gasteiger partial charge on any atom is -0.540 e. The summed E-state index contributed by atoms with van der Waals surface area (Å²) in [6, 6.07) is -0.744. The summed E-state index contributed by atoms with van der Waals surface area (Å²) >= 11 is 1.30. The molecule has 1 unspecified atom stereocenters. The maximum absolute atomic E-state index is 11.4. The standard InChI is InChI=1S/C10H14NO3S.K/c1-10(2,9(11)5-12)15-8-4-6(13)3-7(8)14;/h8-9H,3-4,11H2,1-2H3;/q-1;+1/t8?,9-;/m1./s1. The molecule has 0 aromatic rings. The Morgan fingerprint density at radius 1 is 1.50 bits per heavy atom. The molecule has 1 fully saturated rings. The number of thioether (sulfide) groups is 1. The molecular formula is C10H14KNO3S. The second-order valence-electron chi connectivity index (χ2n) is 4.19. The van der Waals surface area contributed by atoms with Gasteiger partial charge in [0.1, 0.15) is 5.78 Å². The van der Waals surface area contributed by atoms with E-state index in [0.717, 1.165) is 0 Å². The van der Waals surface area contributed by atoms with Crippen LogP contribution in [0.1, 0.15) is 26.7 Å². The van der Waals surface area contributed by atoms with Crippen LogP contribution in [-0.4, -0.2) is 33.9 Å². The smallest absolute Gasteiger partial charge is 0.540 e. The normalized spacial score (nSPS) is 22.8. The number of hydrogen-bond acceptors (Lipinski definition) is 5. The molecule has 0 amide bonds. The third-order valence-corrected chi connectivity index (χ3v) is 4.04. The predicted molar refractivity (Wildman–Crippen MR) is 58.4 cm³/mol. The Kier molecular flexibility index (Phi) is 7.18. The molecule has 0 aromatic heterocycles. The second kappa shape index (κ2) is 6.77. The molecule has 0 spiro atoms. The molecule has 2 N–H and O–H groups in total. The van der Waals surface area contributed by atoms with Crippen molar-refractivity contribution in [3.63, 3.8) is 0 Å². The molecule has 0 aromatic carbocycles. The molecule has 84 valence electrons. The molecule has 0 heterocycles. The van der Waals surface area contributed by atoms with Crippen LogP contribution < -0.4 is 57.1 Å². The summed E-state index contributed by atoms with van der Waals surface area (Å²) in [5.74, 6) is -0.0897.